The van der Waals surface area contributed by atoms with E-state index in [0.29, 0.717) is 0 Å². The zero-order valence-electron chi connectivity index (χ0n) is 12.8. The van der Waals surface area contributed by atoms with Crippen molar-refractivity contribution in [3.8, 4) is 0 Å². The number of hydrogen-bond donors (Lipinski definition) is 0. The van der Waals surface area contributed by atoms with Crippen molar-refractivity contribution in [3.63, 3.8) is 0 Å². The van der Waals surface area contributed by atoms with Crippen LogP contribution in [0.5, 0.6) is 0 Å². The van der Waals surface area contributed by atoms with Crippen molar-refractivity contribution in [2.75, 3.05) is 14.2 Å². The van der Waals surface area contributed by atoms with Gasteiger partial charge in [0.05, 0.1) is 0 Å². The summed E-state index contributed by atoms with van der Waals surface area (Å²) in [6.07, 6.45) is 1.36. The number of methoxy groups -OCH3 is 2. The van der Waals surface area contributed by atoms with Crippen LogP contribution >= 0.6 is 0 Å². The molecule has 0 radical (unpaired) electrons. The molecular formula is C15H24O4Si. The highest BCUT2D eigenvalue weighted by Gasteiger charge is 2.33. The number of hydrogen-bond acceptors (Lipinski definition) is 4. The van der Waals surface area contributed by atoms with Gasteiger partial charge < -0.3 is 18.3 Å². The zero-order chi connectivity index (χ0) is 15.0. The molecule has 0 N–H and O–H groups in total. The number of benzene rings is 1. The minimum Gasteiger partial charge on any atom is -0.365 e. The molecule has 112 valence electrons. The second-order valence-electron chi connectivity index (χ2n) is 4.60. The van der Waals surface area contributed by atoms with Crippen LogP contribution in [-0.2, 0) is 18.3 Å². The lowest BCUT2D eigenvalue weighted by Gasteiger charge is -2.29. The van der Waals surface area contributed by atoms with Gasteiger partial charge in [-0.25, -0.2) is 0 Å². The largest absolute Gasteiger partial charge is 0.365 e. The first kappa shape index (κ1) is 17.1. The van der Waals surface area contributed by atoms with Gasteiger partial charge in [0.25, 0.3) is 0 Å². The molecule has 1 aromatic rings. The lowest BCUT2D eigenvalue weighted by atomic mass is 10.2. The third-order valence-corrected chi connectivity index (χ3v) is 5.21. The fourth-order valence-electron chi connectivity index (χ4n) is 1.67. The molecule has 1 rings (SSSR count). The average molecular weight is 296 g/mol. The topological polar surface area (TPSA) is 36.9 Å². The monoisotopic (exact) mass is 296 g/mol. The second kappa shape index (κ2) is 8.34. The summed E-state index contributed by atoms with van der Waals surface area (Å²) in [6.45, 7) is 5.67. The molecule has 0 bridgehead atoms. The van der Waals surface area contributed by atoms with Crippen molar-refractivity contribution in [1.82, 2.24) is 0 Å². The predicted molar refractivity (Wildman–Crippen MR) is 82.2 cm³/mol. The SMILES string of the molecule is COC(C)O[Si](C)(/C=C/c1ccccc1)OC(C)OC. The first-order chi connectivity index (χ1) is 9.49. The molecule has 2 unspecified atom stereocenters. The first-order valence-electron chi connectivity index (χ1n) is 6.64. The van der Waals surface area contributed by atoms with Gasteiger partial charge in [-0.3, -0.25) is 0 Å². The molecule has 0 amide bonds. The first-order valence-corrected chi connectivity index (χ1v) is 9.04. The molecule has 0 aliphatic rings. The summed E-state index contributed by atoms with van der Waals surface area (Å²) >= 11 is 0. The van der Waals surface area contributed by atoms with Gasteiger partial charge in [0.2, 0.25) is 0 Å². The van der Waals surface area contributed by atoms with Crippen LogP contribution in [0.1, 0.15) is 19.4 Å². The summed E-state index contributed by atoms with van der Waals surface area (Å²) in [7, 11) is 0.692. The van der Waals surface area contributed by atoms with E-state index in [9.17, 15) is 0 Å². The molecule has 0 fully saturated rings. The predicted octanol–water partition coefficient (Wildman–Crippen LogP) is 3.33. The third kappa shape index (κ3) is 5.98. The summed E-state index contributed by atoms with van der Waals surface area (Å²) < 4.78 is 22.2. The minimum atomic E-state index is -2.53. The maximum Gasteiger partial charge on any atom is 0.365 e. The molecule has 20 heavy (non-hydrogen) atoms. The Balaban J connectivity index is 2.83. The van der Waals surface area contributed by atoms with E-state index in [1.54, 1.807) is 14.2 Å². The molecular weight excluding hydrogens is 272 g/mol. The van der Waals surface area contributed by atoms with Gasteiger partial charge in [-0.1, -0.05) is 36.4 Å². The molecule has 0 spiro atoms. The maximum absolute atomic E-state index is 5.91. The van der Waals surface area contributed by atoms with Gasteiger partial charge in [0.1, 0.15) is 12.6 Å². The molecule has 1 aromatic carbocycles. The van der Waals surface area contributed by atoms with Crippen molar-refractivity contribution in [1.29, 1.82) is 0 Å². The average Bonchev–Trinajstić information content (AvgIpc) is 2.46. The molecule has 2 atom stereocenters. The summed E-state index contributed by atoms with van der Waals surface area (Å²) in [5.41, 5.74) is 3.10. The van der Waals surface area contributed by atoms with Crippen molar-refractivity contribution < 1.29 is 18.3 Å². The van der Waals surface area contributed by atoms with Crippen LogP contribution in [0.4, 0.5) is 0 Å². The van der Waals surface area contributed by atoms with Gasteiger partial charge >= 0.3 is 8.56 Å². The Labute approximate surface area is 122 Å². The molecule has 0 saturated heterocycles. The molecule has 0 aromatic heterocycles. The van der Waals surface area contributed by atoms with Crippen molar-refractivity contribution in [3.05, 3.63) is 41.6 Å². The van der Waals surface area contributed by atoms with Crippen molar-refractivity contribution >= 4 is 14.6 Å². The highest BCUT2D eigenvalue weighted by Crippen LogP contribution is 2.17. The van der Waals surface area contributed by atoms with E-state index in [4.69, 9.17) is 18.3 Å². The smallest absolute Gasteiger partial charge is 0.365 e. The quantitative estimate of drug-likeness (QED) is 0.545. The molecule has 0 saturated carbocycles. The van der Waals surface area contributed by atoms with Crippen LogP contribution < -0.4 is 0 Å². The van der Waals surface area contributed by atoms with Gasteiger partial charge in [-0.05, 0) is 31.7 Å². The summed E-state index contributed by atoms with van der Waals surface area (Å²) in [5.74, 6) is 0. The summed E-state index contributed by atoms with van der Waals surface area (Å²) in [4.78, 5) is 0. The number of ether oxygens (including phenoxy) is 2. The van der Waals surface area contributed by atoms with Gasteiger partial charge in [-0.2, -0.15) is 0 Å². The number of rotatable bonds is 8. The van der Waals surface area contributed by atoms with Crippen LogP contribution in [0.3, 0.4) is 0 Å². The lowest BCUT2D eigenvalue weighted by molar-refractivity contribution is -0.0984. The van der Waals surface area contributed by atoms with E-state index in [1.807, 2.05) is 62.5 Å². The Morgan fingerprint density at radius 3 is 1.90 bits per heavy atom. The fourth-order valence-corrected chi connectivity index (χ4v) is 3.89. The van der Waals surface area contributed by atoms with Crippen LogP contribution in [0.25, 0.3) is 6.08 Å². The molecule has 4 nitrogen and oxygen atoms in total. The second-order valence-corrected chi connectivity index (χ2v) is 7.44. The summed E-state index contributed by atoms with van der Waals surface area (Å²) in [6, 6.07) is 10.0. The minimum absolute atomic E-state index is 0.323. The Morgan fingerprint density at radius 1 is 0.950 bits per heavy atom. The third-order valence-electron chi connectivity index (χ3n) is 2.84. The Bertz CT molecular complexity index is 396. The Hall–Kier alpha value is -0.983. The van der Waals surface area contributed by atoms with Crippen LogP contribution in [-0.4, -0.2) is 35.4 Å². The highest BCUT2D eigenvalue weighted by molar-refractivity contribution is 6.72. The van der Waals surface area contributed by atoms with E-state index in [1.165, 1.54) is 0 Å². The Morgan fingerprint density at radius 2 is 1.45 bits per heavy atom. The van der Waals surface area contributed by atoms with E-state index < -0.39 is 8.56 Å². The van der Waals surface area contributed by atoms with Crippen LogP contribution in [0.15, 0.2) is 36.0 Å². The molecule has 0 aliphatic carbocycles. The molecule has 0 aliphatic heterocycles. The zero-order valence-corrected chi connectivity index (χ0v) is 13.8. The molecule has 5 heteroatoms. The van der Waals surface area contributed by atoms with E-state index in [-0.39, 0.29) is 12.6 Å². The van der Waals surface area contributed by atoms with Crippen molar-refractivity contribution in [2.24, 2.45) is 0 Å². The van der Waals surface area contributed by atoms with Gasteiger partial charge in [0, 0.05) is 14.2 Å². The van der Waals surface area contributed by atoms with E-state index >= 15 is 0 Å². The maximum atomic E-state index is 5.91. The fraction of sp³-hybridized carbons (Fsp3) is 0.467. The van der Waals surface area contributed by atoms with Gasteiger partial charge in [0.15, 0.2) is 0 Å². The van der Waals surface area contributed by atoms with E-state index in [0.717, 1.165) is 5.56 Å². The van der Waals surface area contributed by atoms with Crippen molar-refractivity contribution in [2.45, 2.75) is 33.0 Å². The standard InChI is InChI=1S/C15H24O4Si/c1-13(16-3)18-20(5,19-14(2)17-4)12-11-15-9-7-6-8-10-15/h6-14H,1-5H3/b12-11+. The summed E-state index contributed by atoms with van der Waals surface area (Å²) in [5, 5.41) is 0. The van der Waals surface area contributed by atoms with Gasteiger partial charge in [-0.15, -0.1) is 0 Å². The molecule has 0 heterocycles. The van der Waals surface area contributed by atoms with Crippen LogP contribution in [0.2, 0.25) is 6.55 Å². The highest BCUT2D eigenvalue weighted by atomic mass is 28.4. The normalized spacial score (nSPS) is 17.9. The van der Waals surface area contributed by atoms with Crippen LogP contribution in [0, 0.1) is 0 Å². The lowest BCUT2D eigenvalue weighted by Crippen LogP contribution is -2.43. The van der Waals surface area contributed by atoms with E-state index in [2.05, 4.69) is 0 Å². The Kier molecular flexibility index (Phi) is 7.11.